The van der Waals surface area contributed by atoms with Crippen molar-refractivity contribution in [2.45, 2.75) is 31.6 Å². The maximum absolute atomic E-state index is 12.8. The van der Waals surface area contributed by atoms with Crippen LogP contribution in [0.2, 0.25) is 0 Å². The molecule has 11 nitrogen and oxygen atoms in total. The van der Waals surface area contributed by atoms with E-state index in [9.17, 15) is 21.6 Å². The van der Waals surface area contributed by atoms with Crippen LogP contribution in [0.4, 0.5) is 0 Å². The van der Waals surface area contributed by atoms with Gasteiger partial charge in [-0.15, -0.1) is 0 Å². The Labute approximate surface area is 164 Å². The normalized spacial score (nSPS) is 21.2. The third-order valence-electron chi connectivity index (χ3n) is 5.28. The van der Waals surface area contributed by atoms with Crippen LogP contribution in [0.3, 0.4) is 0 Å². The molecule has 2 saturated heterocycles. The van der Waals surface area contributed by atoms with Crippen LogP contribution in [-0.4, -0.2) is 80.7 Å². The molecule has 3 rings (SSSR count). The summed E-state index contributed by atoms with van der Waals surface area (Å²) in [5, 5.41) is 8.83. The molecule has 2 N–H and O–H groups in total. The Kier molecular flexibility index (Phi) is 5.83. The molecule has 2 aliphatic rings. The van der Waals surface area contributed by atoms with Gasteiger partial charge in [-0.05, 0) is 26.7 Å². The molecule has 0 aliphatic carbocycles. The van der Waals surface area contributed by atoms with Crippen LogP contribution in [0.25, 0.3) is 0 Å². The number of aromatic nitrogens is 1. The van der Waals surface area contributed by atoms with Crippen molar-refractivity contribution in [1.29, 1.82) is 0 Å². The van der Waals surface area contributed by atoms with E-state index in [4.69, 9.17) is 9.66 Å². The molecule has 0 aromatic carbocycles. The van der Waals surface area contributed by atoms with Gasteiger partial charge in [-0.2, -0.15) is 17.0 Å². The zero-order valence-electron chi connectivity index (χ0n) is 15.9. The zero-order valence-corrected chi connectivity index (χ0v) is 17.5. The fraction of sp³-hybridized carbons (Fsp3) is 0.733. The van der Waals surface area contributed by atoms with Crippen molar-refractivity contribution in [2.24, 2.45) is 11.1 Å². The first-order valence-electron chi connectivity index (χ1n) is 9.01. The Balaban J connectivity index is 1.59. The molecule has 3 heterocycles. The fourth-order valence-corrected chi connectivity index (χ4v) is 6.17. The first-order valence-corrected chi connectivity index (χ1v) is 12.0. The second-order valence-corrected chi connectivity index (χ2v) is 10.5. The summed E-state index contributed by atoms with van der Waals surface area (Å²) in [4.78, 5) is 14.5. The Hall–Kier alpha value is -1.54. The van der Waals surface area contributed by atoms with Gasteiger partial charge in [-0.1, -0.05) is 5.16 Å². The average Bonchev–Trinajstić information content (AvgIpc) is 2.99. The molecule has 13 heteroatoms. The molecule has 0 spiro atoms. The van der Waals surface area contributed by atoms with Crippen molar-refractivity contribution in [2.75, 3.05) is 39.3 Å². The van der Waals surface area contributed by atoms with Crippen LogP contribution < -0.4 is 5.14 Å². The number of carbonyl (C=O) groups excluding carboxylic acids is 1. The maximum atomic E-state index is 12.8. The topological polar surface area (TPSA) is 147 Å². The van der Waals surface area contributed by atoms with Gasteiger partial charge in [0.1, 0.15) is 10.6 Å². The predicted octanol–water partition coefficient (Wildman–Crippen LogP) is -0.960. The van der Waals surface area contributed by atoms with Crippen LogP contribution in [0.5, 0.6) is 0 Å². The molecule has 2 aliphatic heterocycles. The minimum absolute atomic E-state index is 0.0662. The number of sulfonamides is 1. The van der Waals surface area contributed by atoms with Gasteiger partial charge >= 0.3 is 0 Å². The zero-order chi connectivity index (χ0) is 20.7. The van der Waals surface area contributed by atoms with Crippen LogP contribution in [0.15, 0.2) is 9.42 Å². The van der Waals surface area contributed by atoms with E-state index in [1.165, 1.54) is 8.61 Å². The molecule has 0 radical (unpaired) electrons. The lowest BCUT2D eigenvalue weighted by molar-refractivity contribution is -0.137. The number of amides is 1. The lowest BCUT2D eigenvalue weighted by atomic mass is 9.96. The predicted molar refractivity (Wildman–Crippen MR) is 98.7 cm³/mol. The van der Waals surface area contributed by atoms with E-state index in [0.29, 0.717) is 18.5 Å². The monoisotopic (exact) mass is 435 g/mol. The summed E-state index contributed by atoms with van der Waals surface area (Å²) in [5.74, 6) is -0.0928. The summed E-state index contributed by atoms with van der Waals surface area (Å²) in [6.07, 6.45) is 0.819. The lowest BCUT2D eigenvalue weighted by Crippen LogP contribution is -2.53. The number of piperazine rings is 1. The van der Waals surface area contributed by atoms with Crippen molar-refractivity contribution in [1.82, 2.24) is 18.7 Å². The van der Waals surface area contributed by atoms with Gasteiger partial charge in [0.25, 0.3) is 10.2 Å². The molecule has 2 fully saturated rings. The molecule has 0 bridgehead atoms. The largest absolute Gasteiger partial charge is 0.360 e. The number of hydrogen-bond donors (Lipinski definition) is 1. The van der Waals surface area contributed by atoms with Gasteiger partial charge in [0.2, 0.25) is 15.9 Å². The van der Waals surface area contributed by atoms with Gasteiger partial charge in [-0.25, -0.2) is 13.6 Å². The van der Waals surface area contributed by atoms with Crippen molar-refractivity contribution in [3.63, 3.8) is 0 Å². The Morgan fingerprint density at radius 2 is 1.57 bits per heavy atom. The van der Waals surface area contributed by atoms with Crippen LogP contribution >= 0.6 is 0 Å². The van der Waals surface area contributed by atoms with Gasteiger partial charge < -0.3 is 9.42 Å². The number of carbonyl (C=O) groups is 1. The third-order valence-corrected chi connectivity index (χ3v) is 8.51. The molecule has 1 aromatic rings. The highest BCUT2D eigenvalue weighted by Gasteiger charge is 2.37. The van der Waals surface area contributed by atoms with E-state index in [-0.39, 0.29) is 61.7 Å². The second-order valence-electron chi connectivity index (χ2n) is 7.10. The maximum Gasteiger partial charge on any atom is 0.276 e. The molecule has 1 amide bonds. The SMILES string of the molecule is Cc1noc(C)c1S(=O)(=O)N1CCN(C(=O)C2CCN(S(N)(=O)=O)CC2)CC1. The molecule has 28 heavy (non-hydrogen) atoms. The molecule has 158 valence electrons. The van der Waals surface area contributed by atoms with Crippen LogP contribution in [-0.2, 0) is 25.0 Å². The lowest BCUT2D eigenvalue weighted by Gasteiger charge is -2.37. The van der Waals surface area contributed by atoms with E-state index in [2.05, 4.69) is 5.16 Å². The highest BCUT2D eigenvalue weighted by molar-refractivity contribution is 7.89. The van der Waals surface area contributed by atoms with Crippen molar-refractivity contribution in [3.05, 3.63) is 11.5 Å². The number of rotatable bonds is 4. The average molecular weight is 436 g/mol. The molecule has 0 unspecified atom stereocenters. The van der Waals surface area contributed by atoms with Gasteiger partial charge in [0, 0.05) is 45.2 Å². The smallest absolute Gasteiger partial charge is 0.276 e. The molecular formula is C15H25N5O6S2. The van der Waals surface area contributed by atoms with Gasteiger partial charge in [0.05, 0.1) is 0 Å². The van der Waals surface area contributed by atoms with Crippen molar-refractivity contribution >= 4 is 26.1 Å². The van der Waals surface area contributed by atoms with Crippen molar-refractivity contribution in [3.8, 4) is 0 Å². The van der Waals surface area contributed by atoms with E-state index in [0.717, 1.165) is 0 Å². The summed E-state index contributed by atoms with van der Waals surface area (Å²) >= 11 is 0. The van der Waals surface area contributed by atoms with E-state index < -0.39 is 20.2 Å². The summed E-state index contributed by atoms with van der Waals surface area (Å²) in [5.41, 5.74) is 0.317. The minimum Gasteiger partial charge on any atom is -0.360 e. The van der Waals surface area contributed by atoms with E-state index in [1.54, 1.807) is 18.7 Å². The standard InChI is InChI=1S/C15H25N5O6S2/c1-11-14(12(2)26-17-11)27(22,23)19-9-7-18(8-10-19)15(21)13-3-5-20(6-4-13)28(16,24)25/h13H,3-10H2,1-2H3,(H2,16,24,25). The number of nitrogens with zero attached hydrogens (tertiary/aromatic N) is 4. The number of hydrogen-bond acceptors (Lipinski definition) is 7. The van der Waals surface area contributed by atoms with Gasteiger partial charge in [0.15, 0.2) is 5.76 Å². The first kappa shape index (κ1) is 21.2. The molecule has 0 saturated carbocycles. The number of piperidine rings is 1. The summed E-state index contributed by atoms with van der Waals surface area (Å²) in [6.45, 7) is 4.53. The molecule has 0 atom stereocenters. The highest BCUT2D eigenvalue weighted by Crippen LogP contribution is 2.26. The second kappa shape index (κ2) is 7.71. The number of nitrogens with two attached hydrogens (primary N) is 1. The number of aryl methyl sites for hydroxylation is 2. The third kappa shape index (κ3) is 4.08. The van der Waals surface area contributed by atoms with Crippen LogP contribution in [0, 0.1) is 19.8 Å². The molecule has 1 aromatic heterocycles. The molecular weight excluding hydrogens is 410 g/mol. The summed E-state index contributed by atoms with van der Waals surface area (Å²) in [7, 11) is -7.46. The fourth-order valence-electron chi connectivity index (χ4n) is 3.74. The highest BCUT2D eigenvalue weighted by atomic mass is 32.2. The summed E-state index contributed by atoms with van der Waals surface area (Å²) in [6, 6.07) is 0. The Morgan fingerprint density at radius 1 is 1.00 bits per heavy atom. The van der Waals surface area contributed by atoms with Crippen molar-refractivity contribution < 1.29 is 26.2 Å². The quantitative estimate of drug-likeness (QED) is 0.640. The minimum atomic E-state index is -3.73. The van der Waals surface area contributed by atoms with Crippen LogP contribution in [0.1, 0.15) is 24.3 Å². The summed E-state index contributed by atoms with van der Waals surface area (Å²) < 4.78 is 55.9. The van der Waals surface area contributed by atoms with E-state index >= 15 is 0 Å². The Bertz CT molecular complexity index is 922. The Morgan fingerprint density at radius 3 is 2.04 bits per heavy atom. The van der Waals surface area contributed by atoms with Gasteiger partial charge in [-0.3, -0.25) is 4.79 Å². The van der Waals surface area contributed by atoms with E-state index in [1.807, 2.05) is 0 Å². The first-order chi connectivity index (χ1) is 13.0.